The van der Waals surface area contributed by atoms with Crippen LogP contribution in [0.1, 0.15) is 35.7 Å². The van der Waals surface area contributed by atoms with Crippen LogP contribution in [0.5, 0.6) is 0 Å². The van der Waals surface area contributed by atoms with E-state index in [0.29, 0.717) is 18.8 Å². The topological polar surface area (TPSA) is 37.6 Å². The van der Waals surface area contributed by atoms with Gasteiger partial charge in [0.15, 0.2) is 5.69 Å². The van der Waals surface area contributed by atoms with E-state index in [1.807, 2.05) is 71.0 Å². The lowest BCUT2D eigenvalue weighted by Crippen LogP contribution is -2.30. The standard InChI is InChI=1S/C19H21N3O/c1-3-17-20-18(16-12-8-9-13-22(16)17)19(23)21(4-2)14-15-10-6-5-7-11-15/h5-13H,3-4,14H2,1-2H3. The largest absolute Gasteiger partial charge is 0.333 e. The van der Waals surface area contributed by atoms with Gasteiger partial charge in [-0.05, 0) is 24.6 Å². The number of aromatic nitrogens is 2. The van der Waals surface area contributed by atoms with Crippen molar-refractivity contribution in [1.29, 1.82) is 0 Å². The van der Waals surface area contributed by atoms with Crippen LogP contribution in [0.25, 0.3) is 5.52 Å². The van der Waals surface area contributed by atoms with Gasteiger partial charge in [0.1, 0.15) is 5.82 Å². The second kappa shape index (κ2) is 6.65. The second-order valence-corrected chi connectivity index (χ2v) is 5.49. The third kappa shape index (κ3) is 2.97. The molecule has 0 atom stereocenters. The van der Waals surface area contributed by atoms with Gasteiger partial charge < -0.3 is 9.30 Å². The molecule has 0 aliphatic carbocycles. The summed E-state index contributed by atoms with van der Waals surface area (Å²) in [6.07, 6.45) is 2.76. The summed E-state index contributed by atoms with van der Waals surface area (Å²) in [5.41, 5.74) is 2.54. The molecule has 4 heteroatoms. The molecule has 0 aliphatic rings. The lowest BCUT2D eigenvalue weighted by molar-refractivity contribution is 0.0749. The summed E-state index contributed by atoms with van der Waals surface area (Å²) in [5, 5.41) is 0. The molecule has 1 aromatic carbocycles. The number of carbonyl (C=O) groups excluding carboxylic acids is 1. The summed E-state index contributed by atoms with van der Waals surface area (Å²) < 4.78 is 2.00. The average molecular weight is 307 g/mol. The van der Waals surface area contributed by atoms with Crippen molar-refractivity contribution < 1.29 is 4.79 Å². The van der Waals surface area contributed by atoms with Crippen molar-refractivity contribution in [3.63, 3.8) is 0 Å². The number of hydrogen-bond donors (Lipinski definition) is 0. The van der Waals surface area contributed by atoms with Gasteiger partial charge in [-0.3, -0.25) is 4.79 Å². The molecule has 0 spiro atoms. The molecule has 4 nitrogen and oxygen atoms in total. The molecule has 2 aromatic heterocycles. The quantitative estimate of drug-likeness (QED) is 0.723. The molecular formula is C19H21N3O. The maximum atomic E-state index is 13.0. The number of pyridine rings is 1. The number of amides is 1. The number of carbonyl (C=O) groups is 1. The molecule has 0 bridgehead atoms. The van der Waals surface area contributed by atoms with E-state index in [1.54, 1.807) is 0 Å². The van der Waals surface area contributed by atoms with Gasteiger partial charge in [0.2, 0.25) is 0 Å². The Hall–Kier alpha value is -2.62. The first-order chi connectivity index (χ1) is 11.2. The van der Waals surface area contributed by atoms with E-state index in [0.717, 1.165) is 23.3 Å². The van der Waals surface area contributed by atoms with Crippen molar-refractivity contribution in [1.82, 2.24) is 14.3 Å². The zero-order valence-corrected chi connectivity index (χ0v) is 13.6. The molecule has 1 amide bonds. The molecule has 0 unspecified atom stereocenters. The first-order valence-corrected chi connectivity index (χ1v) is 8.03. The molecule has 0 aliphatic heterocycles. The zero-order chi connectivity index (χ0) is 16.2. The smallest absolute Gasteiger partial charge is 0.275 e. The van der Waals surface area contributed by atoms with Gasteiger partial charge in [0, 0.05) is 25.7 Å². The van der Waals surface area contributed by atoms with Crippen LogP contribution in [0, 0.1) is 0 Å². The lowest BCUT2D eigenvalue weighted by atomic mass is 10.2. The third-order valence-corrected chi connectivity index (χ3v) is 4.03. The molecule has 0 N–H and O–H groups in total. The summed E-state index contributed by atoms with van der Waals surface area (Å²) in [6.45, 7) is 5.31. The van der Waals surface area contributed by atoms with Crippen LogP contribution in [0.2, 0.25) is 0 Å². The zero-order valence-electron chi connectivity index (χ0n) is 13.6. The molecule has 118 valence electrons. The highest BCUT2D eigenvalue weighted by molar-refractivity contribution is 5.99. The summed E-state index contributed by atoms with van der Waals surface area (Å²) >= 11 is 0. The number of fused-ring (bicyclic) bond motifs is 1. The summed E-state index contributed by atoms with van der Waals surface area (Å²) in [5.74, 6) is 0.902. The highest BCUT2D eigenvalue weighted by atomic mass is 16.2. The fourth-order valence-corrected chi connectivity index (χ4v) is 2.79. The van der Waals surface area contributed by atoms with Gasteiger partial charge in [-0.25, -0.2) is 4.98 Å². The monoisotopic (exact) mass is 307 g/mol. The minimum atomic E-state index is -0.0141. The van der Waals surface area contributed by atoms with Crippen LogP contribution < -0.4 is 0 Å². The third-order valence-electron chi connectivity index (χ3n) is 4.03. The predicted octanol–water partition coefficient (Wildman–Crippen LogP) is 3.56. The molecule has 0 fully saturated rings. The fourth-order valence-electron chi connectivity index (χ4n) is 2.79. The van der Waals surface area contributed by atoms with Gasteiger partial charge in [-0.15, -0.1) is 0 Å². The van der Waals surface area contributed by atoms with Gasteiger partial charge in [-0.2, -0.15) is 0 Å². The van der Waals surface area contributed by atoms with Gasteiger partial charge >= 0.3 is 0 Å². The Kier molecular flexibility index (Phi) is 4.42. The van der Waals surface area contributed by atoms with E-state index >= 15 is 0 Å². The first kappa shape index (κ1) is 15.3. The number of imidazole rings is 1. The van der Waals surface area contributed by atoms with E-state index in [-0.39, 0.29) is 5.91 Å². The highest BCUT2D eigenvalue weighted by Gasteiger charge is 2.21. The van der Waals surface area contributed by atoms with Gasteiger partial charge in [0.05, 0.1) is 5.52 Å². The normalized spacial score (nSPS) is 10.9. The van der Waals surface area contributed by atoms with Crippen LogP contribution in [0.15, 0.2) is 54.7 Å². The molecule has 0 radical (unpaired) electrons. The number of benzene rings is 1. The Morgan fingerprint density at radius 2 is 1.83 bits per heavy atom. The van der Waals surface area contributed by atoms with Crippen molar-refractivity contribution in [2.45, 2.75) is 26.8 Å². The van der Waals surface area contributed by atoms with Gasteiger partial charge in [0.25, 0.3) is 5.91 Å². The Bertz CT molecular complexity index is 808. The van der Waals surface area contributed by atoms with E-state index in [2.05, 4.69) is 11.9 Å². The van der Waals surface area contributed by atoms with Crippen LogP contribution in [0.3, 0.4) is 0 Å². The molecule has 3 rings (SSSR count). The van der Waals surface area contributed by atoms with E-state index in [9.17, 15) is 4.79 Å². The van der Waals surface area contributed by atoms with Crippen molar-refractivity contribution in [3.05, 3.63) is 71.8 Å². The molecule has 0 saturated carbocycles. The molecule has 0 saturated heterocycles. The van der Waals surface area contributed by atoms with E-state index in [1.165, 1.54) is 0 Å². The van der Waals surface area contributed by atoms with Crippen molar-refractivity contribution in [3.8, 4) is 0 Å². The molecule has 3 aromatic rings. The lowest BCUT2D eigenvalue weighted by Gasteiger charge is -2.20. The summed E-state index contributed by atoms with van der Waals surface area (Å²) in [4.78, 5) is 19.4. The van der Waals surface area contributed by atoms with Crippen LogP contribution in [-0.2, 0) is 13.0 Å². The number of nitrogens with zero attached hydrogens (tertiary/aromatic N) is 3. The minimum absolute atomic E-state index is 0.0141. The van der Waals surface area contributed by atoms with Crippen LogP contribution >= 0.6 is 0 Å². The van der Waals surface area contributed by atoms with Crippen molar-refractivity contribution in [2.75, 3.05) is 6.54 Å². The highest BCUT2D eigenvalue weighted by Crippen LogP contribution is 2.17. The Morgan fingerprint density at radius 1 is 1.09 bits per heavy atom. The van der Waals surface area contributed by atoms with Crippen LogP contribution in [-0.4, -0.2) is 26.7 Å². The van der Waals surface area contributed by atoms with Crippen molar-refractivity contribution >= 4 is 11.4 Å². The predicted molar refractivity (Wildman–Crippen MR) is 91.4 cm³/mol. The maximum Gasteiger partial charge on any atom is 0.275 e. The average Bonchev–Trinajstić information content (AvgIpc) is 2.99. The minimum Gasteiger partial charge on any atom is -0.333 e. The maximum absolute atomic E-state index is 13.0. The number of rotatable bonds is 5. The Morgan fingerprint density at radius 3 is 2.52 bits per heavy atom. The van der Waals surface area contributed by atoms with E-state index in [4.69, 9.17) is 0 Å². The summed E-state index contributed by atoms with van der Waals surface area (Å²) in [6, 6.07) is 15.9. The molecule has 23 heavy (non-hydrogen) atoms. The summed E-state index contributed by atoms with van der Waals surface area (Å²) in [7, 11) is 0. The first-order valence-electron chi connectivity index (χ1n) is 8.03. The van der Waals surface area contributed by atoms with Crippen LogP contribution in [0.4, 0.5) is 0 Å². The Balaban J connectivity index is 1.95. The van der Waals surface area contributed by atoms with E-state index < -0.39 is 0 Å². The number of aryl methyl sites for hydroxylation is 1. The fraction of sp³-hybridized carbons (Fsp3) is 0.263. The SMILES string of the molecule is CCc1nc(C(=O)N(CC)Cc2ccccc2)c2ccccn12. The molecule has 2 heterocycles. The molecular weight excluding hydrogens is 286 g/mol. The number of hydrogen-bond acceptors (Lipinski definition) is 2. The Labute approximate surface area is 136 Å². The van der Waals surface area contributed by atoms with Crippen molar-refractivity contribution in [2.24, 2.45) is 0 Å². The van der Waals surface area contributed by atoms with Gasteiger partial charge in [-0.1, -0.05) is 43.3 Å². The second-order valence-electron chi connectivity index (χ2n) is 5.49.